The lowest BCUT2D eigenvalue weighted by Gasteiger charge is -2.22. The predicted molar refractivity (Wildman–Crippen MR) is 124 cm³/mol. The quantitative estimate of drug-likeness (QED) is 0.489. The number of carboxylic acids is 1. The van der Waals surface area contributed by atoms with Crippen molar-refractivity contribution in [3.8, 4) is 11.5 Å². The molecule has 0 aromatic heterocycles. The number of halogens is 1. The predicted octanol–water partition coefficient (Wildman–Crippen LogP) is 4.18. The summed E-state index contributed by atoms with van der Waals surface area (Å²) in [5.74, 6) is -0.814. The number of carboxylic acid groups (broad SMARTS) is 1. The highest BCUT2D eigenvalue weighted by molar-refractivity contribution is 7.92. The topological polar surface area (TPSA) is 93.1 Å². The zero-order chi connectivity index (χ0) is 24.3. The van der Waals surface area contributed by atoms with Gasteiger partial charge >= 0.3 is 5.97 Å². The number of para-hydroxylation sites is 1. The van der Waals surface area contributed by atoms with Gasteiger partial charge in [0.05, 0.1) is 17.7 Å². The van der Waals surface area contributed by atoms with E-state index in [9.17, 15) is 17.6 Å². The number of fused-ring (bicyclic) bond motifs is 1. The second-order valence-corrected chi connectivity index (χ2v) is 9.73. The van der Waals surface area contributed by atoms with Crippen LogP contribution in [0.4, 0.5) is 10.1 Å². The molecule has 34 heavy (non-hydrogen) atoms. The van der Waals surface area contributed by atoms with Gasteiger partial charge in [-0.15, -0.1) is 0 Å². The molecule has 0 amide bonds. The van der Waals surface area contributed by atoms with E-state index >= 15 is 0 Å². The minimum atomic E-state index is -3.83. The third-order valence-corrected chi connectivity index (χ3v) is 7.49. The van der Waals surface area contributed by atoms with Crippen molar-refractivity contribution in [3.05, 3.63) is 83.2 Å². The lowest BCUT2D eigenvalue weighted by molar-refractivity contribution is -0.136. The molecule has 3 aromatic rings. The van der Waals surface area contributed by atoms with Crippen LogP contribution in [0.5, 0.6) is 11.5 Å². The SMILES string of the molecule is COc1cccc(S(=O)(=O)N2CCc3cccc(COc4ccc(CCC(=O)O)c(F)c4)c32)c1. The molecule has 0 spiro atoms. The Morgan fingerprint density at radius 2 is 1.85 bits per heavy atom. The third-order valence-electron chi connectivity index (χ3n) is 5.69. The first kappa shape index (κ1) is 23.6. The van der Waals surface area contributed by atoms with Gasteiger partial charge in [-0.3, -0.25) is 9.10 Å². The number of aryl methyl sites for hydroxylation is 1. The van der Waals surface area contributed by atoms with Crippen LogP contribution in [0.25, 0.3) is 0 Å². The average Bonchev–Trinajstić information content (AvgIpc) is 3.28. The Kier molecular flexibility index (Phi) is 6.74. The van der Waals surface area contributed by atoms with Gasteiger partial charge in [-0.2, -0.15) is 0 Å². The van der Waals surface area contributed by atoms with Gasteiger partial charge in [-0.25, -0.2) is 12.8 Å². The van der Waals surface area contributed by atoms with E-state index in [0.717, 1.165) is 5.56 Å². The number of anilines is 1. The van der Waals surface area contributed by atoms with Crippen LogP contribution < -0.4 is 13.8 Å². The normalized spacial score (nSPS) is 12.9. The molecular formula is C25H24FNO6S. The second kappa shape index (κ2) is 9.72. The van der Waals surface area contributed by atoms with Gasteiger partial charge in [-0.05, 0) is 42.2 Å². The molecule has 0 saturated heterocycles. The molecule has 4 rings (SSSR count). The van der Waals surface area contributed by atoms with E-state index in [4.69, 9.17) is 14.6 Å². The first-order valence-electron chi connectivity index (χ1n) is 10.7. The number of hydrogen-bond donors (Lipinski definition) is 1. The Bertz CT molecular complexity index is 1320. The zero-order valence-corrected chi connectivity index (χ0v) is 19.3. The van der Waals surface area contributed by atoms with Crippen LogP contribution in [-0.2, 0) is 34.3 Å². The van der Waals surface area contributed by atoms with Crippen molar-refractivity contribution in [3.63, 3.8) is 0 Å². The van der Waals surface area contributed by atoms with Gasteiger partial charge in [0, 0.05) is 30.7 Å². The summed E-state index contributed by atoms with van der Waals surface area (Å²) in [5.41, 5.74) is 2.43. The van der Waals surface area contributed by atoms with Crippen molar-refractivity contribution < 1.29 is 32.2 Å². The highest BCUT2D eigenvalue weighted by atomic mass is 32.2. The maximum Gasteiger partial charge on any atom is 0.303 e. The van der Waals surface area contributed by atoms with E-state index in [1.807, 2.05) is 12.1 Å². The number of methoxy groups -OCH3 is 1. The van der Waals surface area contributed by atoms with Crippen molar-refractivity contribution in [2.75, 3.05) is 18.0 Å². The van der Waals surface area contributed by atoms with Crippen molar-refractivity contribution >= 4 is 21.7 Å². The molecule has 0 bridgehead atoms. The molecule has 7 nitrogen and oxygen atoms in total. The number of rotatable bonds is 9. The number of sulfonamides is 1. The summed E-state index contributed by atoms with van der Waals surface area (Å²) in [6.07, 6.45) is 0.495. The molecule has 3 aromatic carbocycles. The van der Waals surface area contributed by atoms with E-state index in [2.05, 4.69) is 0 Å². The largest absolute Gasteiger partial charge is 0.497 e. The van der Waals surface area contributed by atoms with Crippen LogP contribution >= 0.6 is 0 Å². The lowest BCUT2D eigenvalue weighted by Crippen LogP contribution is -2.30. The van der Waals surface area contributed by atoms with Gasteiger partial charge in [0.15, 0.2) is 0 Å². The summed E-state index contributed by atoms with van der Waals surface area (Å²) in [7, 11) is -2.35. The molecular weight excluding hydrogens is 461 g/mol. The molecule has 0 saturated carbocycles. The lowest BCUT2D eigenvalue weighted by atomic mass is 10.1. The average molecular weight is 486 g/mol. The van der Waals surface area contributed by atoms with Crippen molar-refractivity contribution in [1.82, 2.24) is 0 Å². The molecule has 1 heterocycles. The number of nitrogens with zero attached hydrogens (tertiary/aromatic N) is 1. The summed E-state index contributed by atoms with van der Waals surface area (Å²) in [6.45, 7) is 0.347. The fourth-order valence-corrected chi connectivity index (χ4v) is 5.55. The minimum absolute atomic E-state index is 0.0429. The third kappa shape index (κ3) is 4.84. The summed E-state index contributed by atoms with van der Waals surface area (Å²) in [5, 5.41) is 8.78. The van der Waals surface area contributed by atoms with E-state index in [0.29, 0.717) is 35.5 Å². The van der Waals surface area contributed by atoms with Crippen molar-refractivity contribution in [1.29, 1.82) is 0 Å². The first-order valence-corrected chi connectivity index (χ1v) is 12.1. The van der Waals surface area contributed by atoms with Crippen LogP contribution in [0.2, 0.25) is 0 Å². The molecule has 178 valence electrons. The first-order chi connectivity index (χ1) is 16.3. The fourth-order valence-electron chi connectivity index (χ4n) is 3.97. The maximum atomic E-state index is 14.3. The van der Waals surface area contributed by atoms with Gasteiger partial charge < -0.3 is 14.6 Å². The number of aliphatic carboxylic acids is 1. The molecule has 0 radical (unpaired) electrons. The summed E-state index contributed by atoms with van der Waals surface area (Å²) < 4.78 is 53.5. The highest BCUT2D eigenvalue weighted by Crippen LogP contribution is 2.37. The van der Waals surface area contributed by atoms with Crippen LogP contribution in [-0.4, -0.2) is 33.1 Å². The summed E-state index contributed by atoms with van der Waals surface area (Å²) >= 11 is 0. The maximum absolute atomic E-state index is 14.3. The summed E-state index contributed by atoms with van der Waals surface area (Å²) in [6, 6.07) is 16.1. The van der Waals surface area contributed by atoms with Gasteiger partial charge in [0.2, 0.25) is 0 Å². The van der Waals surface area contributed by atoms with Gasteiger partial charge in [0.1, 0.15) is 23.9 Å². The van der Waals surface area contributed by atoms with Gasteiger partial charge in [-0.1, -0.05) is 30.3 Å². The zero-order valence-electron chi connectivity index (χ0n) is 18.5. The molecule has 0 atom stereocenters. The molecule has 9 heteroatoms. The molecule has 1 N–H and O–H groups in total. The van der Waals surface area contributed by atoms with E-state index in [-0.39, 0.29) is 30.1 Å². The Labute approximate surface area is 197 Å². The van der Waals surface area contributed by atoms with Crippen LogP contribution in [0.3, 0.4) is 0 Å². The van der Waals surface area contributed by atoms with Crippen LogP contribution in [0.1, 0.15) is 23.1 Å². The monoisotopic (exact) mass is 485 g/mol. The number of benzene rings is 3. The fraction of sp³-hybridized carbons (Fsp3) is 0.240. The standard InChI is InChI=1S/C25H24FNO6S/c1-32-20-6-3-7-22(14-20)34(30,31)27-13-12-18-4-2-5-19(25(18)27)16-33-21-10-8-17(23(26)15-21)9-11-24(28)29/h2-8,10,14-15H,9,11-13,16H2,1H3,(H,28,29). The Hall–Kier alpha value is -3.59. The highest BCUT2D eigenvalue weighted by Gasteiger charge is 2.33. The smallest absolute Gasteiger partial charge is 0.303 e. The van der Waals surface area contributed by atoms with Crippen LogP contribution in [0, 0.1) is 5.82 Å². The van der Waals surface area contributed by atoms with Gasteiger partial charge in [0.25, 0.3) is 10.0 Å². The molecule has 0 unspecified atom stereocenters. The number of ether oxygens (including phenoxy) is 2. The van der Waals surface area contributed by atoms with E-state index in [1.54, 1.807) is 24.3 Å². The van der Waals surface area contributed by atoms with Crippen LogP contribution in [0.15, 0.2) is 65.6 Å². The molecule has 1 aliphatic rings. The second-order valence-electron chi connectivity index (χ2n) is 7.87. The van der Waals surface area contributed by atoms with Crippen molar-refractivity contribution in [2.45, 2.75) is 30.8 Å². The van der Waals surface area contributed by atoms with E-state index in [1.165, 1.54) is 35.7 Å². The molecule has 1 aliphatic heterocycles. The Balaban J connectivity index is 1.57. The van der Waals surface area contributed by atoms with Crippen molar-refractivity contribution in [2.24, 2.45) is 0 Å². The Morgan fingerprint density at radius 3 is 2.59 bits per heavy atom. The molecule has 0 fully saturated rings. The van der Waals surface area contributed by atoms with E-state index < -0.39 is 21.8 Å². The Morgan fingerprint density at radius 1 is 1.06 bits per heavy atom. The number of carbonyl (C=O) groups is 1. The minimum Gasteiger partial charge on any atom is -0.497 e. The number of hydrogen-bond acceptors (Lipinski definition) is 5. The molecule has 0 aliphatic carbocycles. The summed E-state index contributed by atoms with van der Waals surface area (Å²) in [4.78, 5) is 10.9.